The molecule has 0 bridgehead atoms. The zero-order valence-corrected chi connectivity index (χ0v) is 14.9. The van der Waals surface area contributed by atoms with Gasteiger partial charge in [-0.2, -0.15) is 0 Å². The number of aromatic nitrogens is 2. The molecule has 0 unspecified atom stereocenters. The summed E-state index contributed by atoms with van der Waals surface area (Å²) in [5, 5.41) is 9.92. The molecule has 0 saturated heterocycles. The predicted molar refractivity (Wildman–Crippen MR) is 93.0 cm³/mol. The van der Waals surface area contributed by atoms with E-state index < -0.39 is 0 Å². The SMILES string of the molecule is COc1ccc(-c2nnc(CN(C)C(=O)c3cccs3)o2)cc1OC. The molecule has 0 spiro atoms. The molecule has 0 saturated carbocycles. The van der Waals surface area contributed by atoms with Gasteiger partial charge in [0.1, 0.15) is 0 Å². The summed E-state index contributed by atoms with van der Waals surface area (Å²) in [4.78, 5) is 14.5. The van der Waals surface area contributed by atoms with Gasteiger partial charge in [-0.25, -0.2) is 0 Å². The first-order valence-corrected chi connectivity index (χ1v) is 8.34. The Morgan fingerprint density at radius 3 is 2.68 bits per heavy atom. The summed E-state index contributed by atoms with van der Waals surface area (Å²) in [7, 11) is 4.83. The molecule has 0 N–H and O–H groups in total. The number of methoxy groups -OCH3 is 2. The Hall–Kier alpha value is -2.87. The van der Waals surface area contributed by atoms with Crippen molar-refractivity contribution in [1.82, 2.24) is 15.1 Å². The Bertz CT molecular complexity index is 861. The average molecular weight is 359 g/mol. The smallest absolute Gasteiger partial charge is 0.264 e. The Kier molecular flexibility index (Phi) is 4.99. The summed E-state index contributed by atoms with van der Waals surface area (Å²) in [6.07, 6.45) is 0. The molecule has 8 heteroatoms. The number of carbonyl (C=O) groups is 1. The molecule has 25 heavy (non-hydrogen) atoms. The number of rotatable bonds is 6. The molecule has 7 nitrogen and oxygen atoms in total. The Balaban J connectivity index is 1.75. The highest BCUT2D eigenvalue weighted by molar-refractivity contribution is 7.12. The highest BCUT2D eigenvalue weighted by Gasteiger charge is 2.17. The van der Waals surface area contributed by atoms with E-state index in [0.717, 1.165) is 0 Å². The van der Waals surface area contributed by atoms with Crippen LogP contribution in [0.3, 0.4) is 0 Å². The lowest BCUT2D eigenvalue weighted by atomic mass is 10.2. The fourth-order valence-electron chi connectivity index (χ4n) is 2.27. The van der Waals surface area contributed by atoms with Gasteiger partial charge in [0.2, 0.25) is 11.8 Å². The second-order valence-corrected chi connectivity index (χ2v) is 6.16. The van der Waals surface area contributed by atoms with Crippen molar-refractivity contribution < 1.29 is 18.7 Å². The third-order valence-corrected chi connectivity index (χ3v) is 4.41. The van der Waals surface area contributed by atoms with Gasteiger partial charge < -0.3 is 18.8 Å². The first kappa shape index (κ1) is 17.0. The third kappa shape index (κ3) is 3.63. The van der Waals surface area contributed by atoms with Gasteiger partial charge in [-0.3, -0.25) is 4.79 Å². The molecule has 0 aliphatic carbocycles. The summed E-state index contributed by atoms with van der Waals surface area (Å²) in [5.74, 6) is 1.82. The lowest BCUT2D eigenvalue weighted by Gasteiger charge is -2.13. The van der Waals surface area contributed by atoms with Crippen LogP contribution in [0.4, 0.5) is 0 Å². The van der Waals surface area contributed by atoms with Crippen LogP contribution in [0.5, 0.6) is 11.5 Å². The number of nitrogens with zero attached hydrogens (tertiary/aromatic N) is 3. The van der Waals surface area contributed by atoms with Gasteiger partial charge in [-0.1, -0.05) is 6.07 Å². The zero-order chi connectivity index (χ0) is 17.8. The van der Waals surface area contributed by atoms with Crippen LogP contribution >= 0.6 is 11.3 Å². The van der Waals surface area contributed by atoms with Crippen molar-refractivity contribution in [3.8, 4) is 23.0 Å². The second kappa shape index (κ2) is 7.35. The van der Waals surface area contributed by atoms with Crippen molar-refractivity contribution in [1.29, 1.82) is 0 Å². The summed E-state index contributed by atoms with van der Waals surface area (Å²) in [6, 6.07) is 8.96. The van der Waals surface area contributed by atoms with Crippen LogP contribution in [-0.2, 0) is 6.54 Å². The molecule has 1 aromatic carbocycles. The summed E-state index contributed by atoms with van der Waals surface area (Å²) in [6.45, 7) is 0.233. The van der Waals surface area contributed by atoms with E-state index in [9.17, 15) is 4.79 Å². The van der Waals surface area contributed by atoms with E-state index in [0.29, 0.717) is 33.7 Å². The lowest BCUT2D eigenvalue weighted by Crippen LogP contribution is -2.25. The zero-order valence-electron chi connectivity index (χ0n) is 14.1. The topological polar surface area (TPSA) is 77.7 Å². The van der Waals surface area contributed by atoms with E-state index in [1.54, 1.807) is 45.5 Å². The molecular formula is C17H17N3O4S. The van der Waals surface area contributed by atoms with Crippen molar-refractivity contribution in [3.63, 3.8) is 0 Å². The molecule has 3 rings (SSSR count). The highest BCUT2D eigenvalue weighted by Crippen LogP contribution is 2.31. The number of carbonyl (C=O) groups excluding carboxylic acids is 1. The Morgan fingerprint density at radius 1 is 1.20 bits per heavy atom. The van der Waals surface area contributed by atoms with Crippen LogP contribution in [0.2, 0.25) is 0 Å². The number of ether oxygens (including phenoxy) is 2. The molecule has 1 amide bonds. The molecule has 2 aromatic heterocycles. The van der Waals surface area contributed by atoms with Crippen LogP contribution in [0.1, 0.15) is 15.6 Å². The first-order valence-electron chi connectivity index (χ1n) is 7.46. The van der Waals surface area contributed by atoms with Crippen LogP contribution in [-0.4, -0.2) is 42.3 Å². The van der Waals surface area contributed by atoms with Crippen LogP contribution in [0.15, 0.2) is 40.1 Å². The van der Waals surface area contributed by atoms with Gasteiger partial charge in [0.25, 0.3) is 5.91 Å². The highest BCUT2D eigenvalue weighted by atomic mass is 32.1. The normalized spacial score (nSPS) is 10.5. The lowest BCUT2D eigenvalue weighted by molar-refractivity contribution is 0.0778. The van der Waals surface area contributed by atoms with Crippen molar-refractivity contribution in [2.45, 2.75) is 6.54 Å². The molecule has 130 valence electrons. The largest absolute Gasteiger partial charge is 0.493 e. The molecule has 0 aliphatic rings. The monoisotopic (exact) mass is 359 g/mol. The van der Waals surface area contributed by atoms with Gasteiger partial charge in [0, 0.05) is 12.6 Å². The van der Waals surface area contributed by atoms with Crippen LogP contribution in [0, 0.1) is 0 Å². The second-order valence-electron chi connectivity index (χ2n) is 5.21. The maximum atomic E-state index is 12.3. The minimum absolute atomic E-state index is 0.0825. The maximum absolute atomic E-state index is 12.3. The van der Waals surface area contributed by atoms with E-state index in [1.165, 1.54) is 16.2 Å². The molecular weight excluding hydrogens is 342 g/mol. The first-order chi connectivity index (χ1) is 12.1. The van der Waals surface area contributed by atoms with Crippen LogP contribution in [0.25, 0.3) is 11.5 Å². The van der Waals surface area contributed by atoms with Gasteiger partial charge in [0.15, 0.2) is 11.5 Å². The van der Waals surface area contributed by atoms with Crippen LogP contribution < -0.4 is 9.47 Å². The quantitative estimate of drug-likeness (QED) is 0.673. The molecule has 2 heterocycles. The van der Waals surface area contributed by atoms with E-state index in [2.05, 4.69) is 10.2 Å². The van der Waals surface area contributed by atoms with E-state index in [1.807, 2.05) is 11.4 Å². The standard InChI is InChI=1S/C17H17N3O4S/c1-20(17(21)14-5-4-8-25-14)10-15-18-19-16(24-15)11-6-7-12(22-2)13(9-11)23-3/h4-9H,10H2,1-3H3. The van der Waals surface area contributed by atoms with Crippen molar-refractivity contribution in [2.24, 2.45) is 0 Å². The number of thiophene rings is 1. The fourth-order valence-corrected chi connectivity index (χ4v) is 2.98. The van der Waals surface area contributed by atoms with Crippen molar-refractivity contribution >= 4 is 17.2 Å². The molecule has 0 fully saturated rings. The Morgan fingerprint density at radius 2 is 2.00 bits per heavy atom. The number of amides is 1. The van der Waals surface area contributed by atoms with Crippen molar-refractivity contribution in [2.75, 3.05) is 21.3 Å². The molecule has 0 radical (unpaired) electrons. The van der Waals surface area contributed by atoms with Crippen molar-refractivity contribution in [3.05, 3.63) is 46.5 Å². The van der Waals surface area contributed by atoms with Gasteiger partial charge >= 0.3 is 0 Å². The fraction of sp³-hybridized carbons (Fsp3) is 0.235. The van der Waals surface area contributed by atoms with Gasteiger partial charge in [0.05, 0.1) is 25.6 Å². The molecule has 0 atom stereocenters. The Labute approximate surface area is 148 Å². The maximum Gasteiger partial charge on any atom is 0.264 e. The summed E-state index contributed by atoms with van der Waals surface area (Å²) in [5.41, 5.74) is 0.712. The third-order valence-electron chi connectivity index (χ3n) is 3.55. The number of benzene rings is 1. The van der Waals surface area contributed by atoms with E-state index in [4.69, 9.17) is 13.9 Å². The summed E-state index contributed by atoms with van der Waals surface area (Å²) < 4.78 is 16.2. The molecule has 0 aliphatic heterocycles. The minimum atomic E-state index is -0.0825. The predicted octanol–water partition coefficient (Wildman–Crippen LogP) is 3.09. The minimum Gasteiger partial charge on any atom is -0.493 e. The summed E-state index contributed by atoms with van der Waals surface area (Å²) >= 11 is 1.40. The van der Waals surface area contributed by atoms with Gasteiger partial charge in [-0.15, -0.1) is 21.5 Å². The van der Waals surface area contributed by atoms with Gasteiger partial charge in [-0.05, 0) is 29.6 Å². The number of hydrogen-bond acceptors (Lipinski definition) is 7. The molecule has 3 aromatic rings. The van der Waals surface area contributed by atoms with E-state index >= 15 is 0 Å². The van der Waals surface area contributed by atoms with E-state index in [-0.39, 0.29) is 12.5 Å². The average Bonchev–Trinajstić information content (AvgIpc) is 3.32. The number of hydrogen-bond donors (Lipinski definition) is 0.